The molecule has 4 aliphatic rings. The number of aliphatic hydroxyl groups is 3. The lowest BCUT2D eigenvalue weighted by Crippen LogP contribution is -2.70. The highest BCUT2D eigenvalue weighted by atomic mass is 16.7. The molecule has 3 aromatic carbocycles. The van der Waals surface area contributed by atoms with E-state index in [2.05, 4.69) is 26.6 Å². The molecule has 2 saturated carbocycles. The van der Waals surface area contributed by atoms with Crippen LogP contribution in [0.5, 0.6) is 0 Å². The highest BCUT2D eigenvalue weighted by Gasteiger charge is 2.56. The van der Waals surface area contributed by atoms with E-state index in [9.17, 15) is 69.6 Å². The number of rotatable bonds is 24. The van der Waals surface area contributed by atoms with Gasteiger partial charge in [-0.2, -0.15) is 0 Å². The molecule has 2 aliphatic heterocycles. The maximum absolute atomic E-state index is 14.1. The summed E-state index contributed by atoms with van der Waals surface area (Å²) < 4.78 is 41.2. The van der Waals surface area contributed by atoms with E-state index >= 15 is 0 Å². The van der Waals surface area contributed by atoms with E-state index in [4.69, 9.17) is 33.2 Å². The van der Waals surface area contributed by atoms with Crippen molar-refractivity contribution >= 4 is 47.3 Å². The van der Waals surface area contributed by atoms with E-state index < -0.39 is 124 Å². The van der Waals surface area contributed by atoms with Gasteiger partial charge in [-0.25, -0.2) is 19.2 Å². The average Bonchev–Trinajstić information content (AvgIpc) is 1.10. The maximum atomic E-state index is 14.1. The second-order valence-electron chi connectivity index (χ2n) is 22.7. The number of nitrogens with one attached hydrogen (secondary N) is 5. The third kappa shape index (κ3) is 18.6. The van der Waals surface area contributed by atoms with Gasteiger partial charge in [0.25, 0.3) is 17.1 Å². The van der Waals surface area contributed by atoms with Gasteiger partial charge in [-0.1, -0.05) is 0 Å². The molecule has 1 saturated heterocycles. The fraction of sp³-hybridized carbons (Fsp3) is 0.554. The van der Waals surface area contributed by atoms with Gasteiger partial charge in [-0.05, 0) is 131 Å². The number of carbonyl (C=O) groups excluding carboxylic acids is 5. The molecule has 11 atom stereocenters. The van der Waals surface area contributed by atoms with Gasteiger partial charge in [-0.15, -0.1) is 0 Å². The zero-order chi connectivity index (χ0) is 62.5. The third-order valence-electron chi connectivity index (χ3n) is 14.7. The minimum atomic E-state index is -1.92. The lowest BCUT2D eigenvalue weighted by Gasteiger charge is -2.52. The molecule has 468 valence electrons. The summed E-state index contributed by atoms with van der Waals surface area (Å²) in [7, 11) is 1.30. The van der Waals surface area contributed by atoms with Crippen LogP contribution in [0.3, 0.4) is 0 Å². The maximum Gasteiger partial charge on any atom is 0.410 e. The lowest BCUT2D eigenvalue weighted by atomic mass is 9.72. The standard InChI is InChI=1S/C56H73N9O21/c1-55(2,3)86-54(72)62(5)49-46(68)50(83-31-56(49,4)73)85-48-42(59-43(66)7-6-24-58-51(69)80-28-33-10-16-36(17-11-33)63(74)75)25-41(61-53(71)82-30-35-14-20-38(21-15-35)65(78)79)44(45(48)67)47-40(23-22-39(84-47)27-57-26-32-8-9-32)60-52(70)81-29-34-12-18-37(19-13-34)64(76)77/h10-22,32,40-42,44-50,57,67-68,73H,6-9,23-31H2,1-5H3,(H,58,69)(H,59,66)(H,60,70)(H,61,71)/t40-,41+,42-,44-,45+,46-,47?,48+,49-,50-,56+/m1/s1. The zero-order valence-corrected chi connectivity index (χ0v) is 48.0. The Morgan fingerprint density at radius 1 is 0.733 bits per heavy atom. The molecule has 1 unspecified atom stereocenters. The Bertz CT molecular complexity index is 2900. The topological polar surface area (TPSA) is 403 Å². The van der Waals surface area contributed by atoms with Crippen molar-refractivity contribution in [2.75, 3.05) is 33.3 Å². The number of aliphatic hydroxyl groups excluding tert-OH is 2. The van der Waals surface area contributed by atoms with Crippen molar-refractivity contribution in [2.45, 2.75) is 152 Å². The molecule has 2 heterocycles. The van der Waals surface area contributed by atoms with Crippen molar-refractivity contribution in [3.05, 3.63) is 132 Å². The fourth-order valence-electron chi connectivity index (χ4n) is 10.2. The van der Waals surface area contributed by atoms with E-state index in [-0.39, 0.29) is 75.7 Å². The number of hydrogen-bond acceptors (Lipinski definition) is 22. The normalized spacial score (nSPS) is 25.4. The Morgan fingerprint density at radius 2 is 1.24 bits per heavy atom. The molecule has 3 aromatic rings. The van der Waals surface area contributed by atoms with Crippen LogP contribution in [-0.4, -0.2) is 165 Å². The summed E-state index contributed by atoms with van der Waals surface area (Å²) in [6, 6.07) is 10.9. The largest absolute Gasteiger partial charge is 0.491 e. The number of likely N-dealkylation sites (N-methyl/N-ethyl adjacent to an activating group) is 1. The molecule has 0 spiro atoms. The molecule has 3 fully saturated rings. The SMILES string of the molecule is CN(C(=O)OC(C)(C)C)[C@@H]1[C@@H](O)[C@@H](O[C@@H]2[C@@H](O)[C@H](C3OC(CNCC4CC4)=CC[C@H]3NC(=O)OCc3ccc([N+](=O)[O-])cc3)[C@@H](NC(=O)OCc3ccc([N+](=O)[O-])cc3)C[C@H]2NC(=O)CCCNC(=O)OCc2ccc([N+](=O)[O-])cc2)OC[C@]1(C)O. The zero-order valence-electron chi connectivity index (χ0n) is 48.0. The van der Waals surface area contributed by atoms with Gasteiger partial charge in [0, 0.05) is 68.4 Å². The van der Waals surface area contributed by atoms with E-state index in [0.29, 0.717) is 34.9 Å². The number of nitro groups is 3. The molecule has 30 heteroatoms. The number of hydrogen-bond donors (Lipinski definition) is 8. The number of amides is 5. The predicted molar refractivity (Wildman–Crippen MR) is 299 cm³/mol. The van der Waals surface area contributed by atoms with Crippen molar-refractivity contribution in [3.8, 4) is 0 Å². The molecule has 0 aromatic heterocycles. The second-order valence-corrected chi connectivity index (χ2v) is 22.7. The first-order valence-corrected chi connectivity index (χ1v) is 27.9. The number of carbonyl (C=O) groups is 5. The Morgan fingerprint density at radius 3 is 1.74 bits per heavy atom. The fourth-order valence-corrected chi connectivity index (χ4v) is 10.2. The van der Waals surface area contributed by atoms with Gasteiger partial charge in [-0.3, -0.25) is 35.1 Å². The molecule has 5 amide bonds. The van der Waals surface area contributed by atoms with E-state index in [1.54, 1.807) is 26.8 Å². The molecule has 0 bridgehead atoms. The lowest BCUT2D eigenvalue weighted by molar-refractivity contribution is -0.385. The summed E-state index contributed by atoms with van der Waals surface area (Å²) >= 11 is 0. The van der Waals surface area contributed by atoms with Crippen LogP contribution < -0.4 is 26.6 Å². The summed E-state index contributed by atoms with van der Waals surface area (Å²) in [6.07, 6.45) is -8.76. The minimum absolute atomic E-state index is 0.0319. The van der Waals surface area contributed by atoms with Crippen molar-refractivity contribution < 1.29 is 87.2 Å². The van der Waals surface area contributed by atoms with Crippen LogP contribution in [0.1, 0.15) is 82.9 Å². The summed E-state index contributed by atoms with van der Waals surface area (Å²) in [4.78, 5) is 101. The molecule has 8 N–H and O–H groups in total. The summed E-state index contributed by atoms with van der Waals surface area (Å²) in [5, 5.41) is 84.9. The van der Waals surface area contributed by atoms with Crippen molar-refractivity contribution in [1.82, 2.24) is 31.5 Å². The van der Waals surface area contributed by atoms with Crippen LogP contribution in [0, 0.1) is 42.2 Å². The van der Waals surface area contributed by atoms with E-state index in [1.165, 1.54) is 86.8 Å². The summed E-state index contributed by atoms with van der Waals surface area (Å²) in [6.45, 7) is 5.57. The third-order valence-corrected chi connectivity index (χ3v) is 14.7. The molecule has 86 heavy (non-hydrogen) atoms. The highest BCUT2D eigenvalue weighted by Crippen LogP contribution is 2.39. The van der Waals surface area contributed by atoms with Crippen LogP contribution in [-0.2, 0) is 57.8 Å². The van der Waals surface area contributed by atoms with Gasteiger partial charge in [0.15, 0.2) is 6.29 Å². The van der Waals surface area contributed by atoms with Crippen molar-refractivity contribution in [2.24, 2.45) is 11.8 Å². The number of nitro benzene ring substituents is 3. The Hall–Kier alpha value is -8.29. The second kappa shape index (κ2) is 29.2. The van der Waals surface area contributed by atoms with Crippen LogP contribution in [0.2, 0.25) is 0 Å². The summed E-state index contributed by atoms with van der Waals surface area (Å²) in [5.41, 5.74) is -2.17. The number of alkyl carbamates (subject to hydrolysis) is 3. The number of benzene rings is 3. The number of ether oxygens (including phenoxy) is 7. The van der Waals surface area contributed by atoms with Crippen LogP contribution in [0.25, 0.3) is 0 Å². The van der Waals surface area contributed by atoms with Gasteiger partial charge >= 0.3 is 24.4 Å². The molecule has 0 radical (unpaired) electrons. The molecule has 30 nitrogen and oxygen atoms in total. The van der Waals surface area contributed by atoms with Crippen LogP contribution in [0.4, 0.5) is 36.2 Å². The van der Waals surface area contributed by atoms with Crippen LogP contribution in [0.15, 0.2) is 84.6 Å². The Labute approximate surface area is 493 Å². The number of non-ortho nitro benzene ring substituents is 3. The Kier molecular flexibility index (Phi) is 22.2. The van der Waals surface area contributed by atoms with Crippen molar-refractivity contribution in [3.63, 3.8) is 0 Å². The number of nitrogens with zero attached hydrogens (tertiary/aromatic N) is 4. The average molecular weight is 1210 g/mol. The Balaban J connectivity index is 1.18. The smallest absolute Gasteiger partial charge is 0.410 e. The van der Waals surface area contributed by atoms with Gasteiger partial charge in [0.1, 0.15) is 55.1 Å². The predicted octanol–water partition coefficient (Wildman–Crippen LogP) is 4.63. The molecular formula is C56H73N9O21. The first-order chi connectivity index (χ1) is 40.7. The monoisotopic (exact) mass is 1210 g/mol. The molecule has 2 aliphatic carbocycles. The molecule has 7 rings (SSSR count). The molecular weight excluding hydrogens is 1130 g/mol. The van der Waals surface area contributed by atoms with Crippen LogP contribution >= 0.6 is 0 Å². The van der Waals surface area contributed by atoms with Crippen molar-refractivity contribution in [1.29, 1.82) is 0 Å². The summed E-state index contributed by atoms with van der Waals surface area (Å²) in [5.74, 6) is -1.12. The van der Waals surface area contributed by atoms with Gasteiger partial charge in [0.05, 0.1) is 52.2 Å². The quantitative estimate of drug-likeness (QED) is 0.0262. The highest BCUT2D eigenvalue weighted by molar-refractivity contribution is 5.76. The van der Waals surface area contributed by atoms with Gasteiger partial charge in [0.2, 0.25) is 5.91 Å². The van der Waals surface area contributed by atoms with E-state index in [1.807, 2.05) is 0 Å². The van der Waals surface area contributed by atoms with Gasteiger partial charge < -0.3 is 80.0 Å². The first-order valence-electron chi connectivity index (χ1n) is 27.9. The first kappa shape index (κ1) is 65.3. The van der Waals surface area contributed by atoms with E-state index in [0.717, 1.165) is 17.7 Å². The minimum Gasteiger partial charge on any atom is -0.491 e.